The number of hydrogen-bond acceptors (Lipinski definition) is 2. The molecule has 1 aromatic carbocycles. The van der Waals surface area contributed by atoms with Crippen LogP contribution in [0.25, 0.3) is 0 Å². The molecule has 0 spiro atoms. The summed E-state index contributed by atoms with van der Waals surface area (Å²) in [6, 6.07) is 5.77. The number of ether oxygens (including phenoxy) is 1. The van der Waals surface area contributed by atoms with E-state index in [4.69, 9.17) is 11.6 Å². The Labute approximate surface area is 115 Å². The van der Waals surface area contributed by atoms with Crippen LogP contribution in [0, 0.1) is 0 Å². The van der Waals surface area contributed by atoms with Gasteiger partial charge in [-0.05, 0) is 37.1 Å². The lowest BCUT2D eigenvalue weighted by Gasteiger charge is -2.23. The largest absolute Gasteiger partial charge is 0.435 e. The van der Waals surface area contributed by atoms with E-state index in [9.17, 15) is 13.6 Å². The molecule has 1 fully saturated rings. The summed E-state index contributed by atoms with van der Waals surface area (Å²) in [7, 11) is 0. The Bertz CT molecular complexity index is 439. The highest BCUT2D eigenvalue weighted by molar-refractivity contribution is 6.18. The highest BCUT2D eigenvalue weighted by Gasteiger charge is 2.28. The van der Waals surface area contributed by atoms with Crippen LogP contribution in [-0.4, -0.2) is 35.9 Å². The molecular weight excluding hydrogens is 276 g/mol. The van der Waals surface area contributed by atoms with E-state index >= 15 is 0 Å². The summed E-state index contributed by atoms with van der Waals surface area (Å²) in [5, 5.41) is 0. The molecule has 1 atom stereocenters. The van der Waals surface area contributed by atoms with E-state index in [0.29, 0.717) is 18.0 Å². The molecule has 0 saturated carbocycles. The van der Waals surface area contributed by atoms with Crippen LogP contribution in [0.5, 0.6) is 5.75 Å². The van der Waals surface area contributed by atoms with Gasteiger partial charge in [-0.3, -0.25) is 4.79 Å². The quantitative estimate of drug-likeness (QED) is 0.797. The summed E-state index contributed by atoms with van der Waals surface area (Å²) in [6.45, 7) is -2.17. The number of nitrogens with zero attached hydrogens (tertiary/aromatic N) is 1. The third-order valence-corrected chi connectivity index (χ3v) is 3.50. The van der Waals surface area contributed by atoms with E-state index < -0.39 is 6.61 Å². The molecule has 0 bridgehead atoms. The first-order valence-corrected chi connectivity index (χ1v) is 6.57. The van der Waals surface area contributed by atoms with Crippen molar-refractivity contribution in [3.05, 3.63) is 29.8 Å². The van der Waals surface area contributed by atoms with Crippen molar-refractivity contribution in [2.45, 2.75) is 25.5 Å². The van der Waals surface area contributed by atoms with E-state index in [0.717, 1.165) is 12.8 Å². The zero-order valence-electron chi connectivity index (χ0n) is 10.2. The Balaban J connectivity index is 2.07. The maximum Gasteiger partial charge on any atom is 0.387 e. The molecule has 1 saturated heterocycles. The first-order valence-electron chi connectivity index (χ1n) is 6.03. The van der Waals surface area contributed by atoms with Crippen LogP contribution in [0.1, 0.15) is 23.2 Å². The Morgan fingerprint density at radius 2 is 2.11 bits per heavy atom. The van der Waals surface area contributed by atoms with Crippen molar-refractivity contribution in [3.63, 3.8) is 0 Å². The number of benzene rings is 1. The third kappa shape index (κ3) is 3.35. The minimum atomic E-state index is -2.86. The van der Waals surface area contributed by atoms with E-state index in [1.165, 1.54) is 24.3 Å². The highest BCUT2D eigenvalue weighted by Crippen LogP contribution is 2.22. The minimum Gasteiger partial charge on any atom is -0.435 e. The first-order chi connectivity index (χ1) is 9.11. The van der Waals surface area contributed by atoms with Gasteiger partial charge in [0.2, 0.25) is 0 Å². The Hall–Kier alpha value is -1.36. The van der Waals surface area contributed by atoms with Gasteiger partial charge in [0.15, 0.2) is 0 Å². The molecule has 19 heavy (non-hydrogen) atoms. The summed E-state index contributed by atoms with van der Waals surface area (Å²) < 4.78 is 28.3. The average Bonchev–Trinajstić information content (AvgIpc) is 2.86. The van der Waals surface area contributed by atoms with Crippen LogP contribution in [-0.2, 0) is 0 Å². The van der Waals surface area contributed by atoms with Crippen molar-refractivity contribution in [3.8, 4) is 5.75 Å². The lowest BCUT2D eigenvalue weighted by molar-refractivity contribution is -0.0498. The van der Waals surface area contributed by atoms with Crippen LogP contribution in [0.4, 0.5) is 8.78 Å². The number of carbonyl (C=O) groups is 1. The number of alkyl halides is 3. The second kappa shape index (κ2) is 6.19. The van der Waals surface area contributed by atoms with Gasteiger partial charge < -0.3 is 9.64 Å². The molecule has 0 aliphatic carbocycles. The molecule has 3 nitrogen and oxygen atoms in total. The topological polar surface area (TPSA) is 29.5 Å². The molecule has 0 aromatic heterocycles. The van der Waals surface area contributed by atoms with Gasteiger partial charge in [0.05, 0.1) is 0 Å². The fraction of sp³-hybridized carbons (Fsp3) is 0.462. The molecule has 2 rings (SSSR count). The zero-order chi connectivity index (χ0) is 13.8. The highest BCUT2D eigenvalue weighted by atomic mass is 35.5. The van der Waals surface area contributed by atoms with Crippen molar-refractivity contribution in [2.24, 2.45) is 0 Å². The summed E-state index contributed by atoms with van der Waals surface area (Å²) in [5.41, 5.74) is 0.457. The lowest BCUT2D eigenvalue weighted by atomic mass is 10.1. The molecule has 1 amide bonds. The molecule has 104 valence electrons. The Kier molecular flexibility index (Phi) is 4.58. The normalized spacial score (nSPS) is 18.9. The van der Waals surface area contributed by atoms with E-state index in [-0.39, 0.29) is 17.7 Å². The van der Waals surface area contributed by atoms with Crippen molar-refractivity contribution in [1.29, 1.82) is 0 Å². The zero-order valence-corrected chi connectivity index (χ0v) is 10.9. The van der Waals surface area contributed by atoms with Gasteiger partial charge >= 0.3 is 6.61 Å². The van der Waals surface area contributed by atoms with E-state index in [1.54, 1.807) is 4.90 Å². The Morgan fingerprint density at radius 3 is 2.68 bits per heavy atom. The number of rotatable bonds is 4. The van der Waals surface area contributed by atoms with Gasteiger partial charge in [-0.25, -0.2) is 0 Å². The Morgan fingerprint density at radius 1 is 1.42 bits per heavy atom. The van der Waals surface area contributed by atoms with Crippen LogP contribution in [0.3, 0.4) is 0 Å². The maximum atomic E-state index is 12.2. The average molecular weight is 290 g/mol. The summed E-state index contributed by atoms with van der Waals surface area (Å²) in [4.78, 5) is 14.0. The predicted molar refractivity (Wildman–Crippen MR) is 67.9 cm³/mol. The van der Waals surface area contributed by atoms with Gasteiger partial charge in [0, 0.05) is 24.0 Å². The molecule has 1 aliphatic rings. The molecule has 1 aromatic rings. The molecule has 1 unspecified atom stereocenters. The fourth-order valence-electron chi connectivity index (χ4n) is 2.21. The van der Waals surface area contributed by atoms with Crippen LogP contribution in [0.15, 0.2) is 24.3 Å². The smallest absolute Gasteiger partial charge is 0.387 e. The molecular formula is C13H14ClF2NO2. The molecule has 1 heterocycles. The molecule has 6 heteroatoms. The standard InChI is InChI=1S/C13H14ClF2NO2/c14-8-10-2-1-7-17(10)12(18)9-3-5-11(6-4-9)19-13(15)16/h3-6,10,13H,1-2,7-8H2. The molecule has 0 N–H and O–H groups in total. The summed E-state index contributed by atoms with van der Waals surface area (Å²) in [5.74, 6) is 0.340. The van der Waals surface area contributed by atoms with E-state index in [1.807, 2.05) is 0 Å². The second-order valence-corrected chi connectivity index (χ2v) is 4.66. The van der Waals surface area contributed by atoms with Gasteiger partial charge in [-0.15, -0.1) is 11.6 Å². The number of hydrogen-bond donors (Lipinski definition) is 0. The second-order valence-electron chi connectivity index (χ2n) is 4.35. The monoisotopic (exact) mass is 289 g/mol. The summed E-state index contributed by atoms with van der Waals surface area (Å²) >= 11 is 5.82. The molecule has 0 radical (unpaired) electrons. The van der Waals surface area contributed by atoms with Crippen molar-refractivity contribution >= 4 is 17.5 Å². The summed E-state index contributed by atoms with van der Waals surface area (Å²) in [6.07, 6.45) is 1.84. The van der Waals surface area contributed by atoms with Gasteiger partial charge in [-0.2, -0.15) is 8.78 Å². The number of carbonyl (C=O) groups excluding carboxylic acids is 1. The molecule has 1 aliphatic heterocycles. The first kappa shape index (κ1) is 14.1. The number of halogens is 3. The van der Waals surface area contributed by atoms with Crippen LogP contribution in [0.2, 0.25) is 0 Å². The van der Waals surface area contributed by atoms with Gasteiger partial charge in [0.25, 0.3) is 5.91 Å². The van der Waals surface area contributed by atoms with Crippen LogP contribution < -0.4 is 4.74 Å². The predicted octanol–water partition coefficient (Wildman–Crippen LogP) is 3.13. The third-order valence-electron chi connectivity index (χ3n) is 3.14. The van der Waals surface area contributed by atoms with E-state index in [2.05, 4.69) is 4.74 Å². The van der Waals surface area contributed by atoms with Crippen LogP contribution >= 0.6 is 11.6 Å². The van der Waals surface area contributed by atoms with Crippen molar-refractivity contribution in [1.82, 2.24) is 4.90 Å². The minimum absolute atomic E-state index is 0.0434. The van der Waals surface area contributed by atoms with Gasteiger partial charge in [-0.1, -0.05) is 0 Å². The van der Waals surface area contributed by atoms with Crippen molar-refractivity contribution < 1.29 is 18.3 Å². The SMILES string of the molecule is O=C(c1ccc(OC(F)F)cc1)N1CCCC1CCl. The van der Waals surface area contributed by atoms with Crippen molar-refractivity contribution in [2.75, 3.05) is 12.4 Å². The number of likely N-dealkylation sites (tertiary alicyclic amines) is 1. The number of amides is 1. The fourth-order valence-corrected chi connectivity index (χ4v) is 2.53. The maximum absolute atomic E-state index is 12.2. The van der Waals surface area contributed by atoms with Gasteiger partial charge in [0.1, 0.15) is 5.75 Å². The lowest BCUT2D eigenvalue weighted by Crippen LogP contribution is -2.36.